The average molecular weight is 360 g/mol. The van der Waals surface area contributed by atoms with E-state index in [0.717, 1.165) is 5.56 Å². The maximum Gasteiger partial charge on any atom is 0.323 e. The Morgan fingerprint density at radius 2 is 1.50 bits per heavy atom. The lowest BCUT2D eigenvalue weighted by Gasteiger charge is -2.38. The summed E-state index contributed by atoms with van der Waals surface area (Å²) < 4.78 is 15.5. The van der Waals surface area contributed by atoms with Gasteiger partial charge in [0.1, 0.15) is 6.61 Å². The first kappa shape index (κ1) is 19.7. The molecule has 1 aromatic carbocycles. The fourth-order valence-corrected chi connectivity index (χ4v) is 2.85. The molecule has 140 valence electrons. The van der Waals surface area contributed by atoms with Gasteiger partial charge in [-0.25, -0.2) is 0 Å². The molecular weight excluding hydrogens is 336 g/mol. The van der Waals surface area contributed by atoms with Gasteiger partial charge in [-0.3, -0.25) is 14.4 Å². The van der Waals surface area contributed by atoms with E-state index in [0.29, 0.717) is 0 Å². The van der Waals surface area contributed by atoms with Crippen molar-refractivity contribution in [3.8, 4) is 0 Å². The van der Waals surface area contributed by atoms with Gasteiger partial charge in [0.05, 0.1) is 19.1 Å². The summed E-state index contributed by atoms with van der Waals surface area (Å²) in [6.45, 7) is 5.17. The van der Waals surface area contributed by atoms with E-state index >= 15 is 0 Å². The highest BCUT2D eigenvalue weighted by molar-refractivity contribution is 6.01. The van der Waals surface area contributed by atoms with Gasteiger partial charge in [0.2, 0.25) is 0 Å². The molecule has 0 amide bonds. The molecule has 0 aromatic heterocycles. The van der Waals surface area contributed by atoms with Crippen LogP contribution < -0.4 is 0 Å². The fraction of sp³-hybridized carbons (Fsp3) is 0.450. The zero-order valence-corrected chi connectivity index (χ0v) is 15.3. The number of ether oxygens (including phenoxy) is 3. The number of carbonyl (C=O) groups excluding carboxylic acids is 3. The molecule has 1 aromatic rings. The summed E-state index contributed by atoms with van der Waals surface area (Å²) in [6, 6.07) is 9.28. The van der Waals surface area contributed by atoms with Crippen LogP contribution in [0.1, 0.15) is 26.3 Å². The second-order valence-corrected chi connectivity index (χ2v) is 6.17. The Kier molecular flexibility index (Phi) is 6.55. The smallest absolute Gasteiger partial charge is 0.323 e. The van der Waals surface area contributed by atoms with Crippen molar-refractivity contribution in [2.45, 2.75) is 27.4 Å². The second-order valence-electron chi connectivity index (χ2n) is 6.17. The SMILES string of the molecule is CCOC(=O)C(C)(C(=O)OCC)[C@@H]1C=C[C@@H]1C(=O)OCc1ccccc1. The van der Waals surface area contributed by atoms with Crippen LogP contribution in [0.2, 0.25) is 0 Å². The van der Waals surface area contributed by atoms with Gasteiger partial charge in [-0.1, -0.05) is 42.5 Å². The topological polar surface area (TPSA) is 78.9 Å². The molecule has 1 aliphatic carbocycles. The summed E-state index contributed by atoms with van der Waals surface area (Å²) in [5.74, 6) is -3.25. The Hall–Kier alpha value is -2.63. The van der Waals surface area contributed by atoms with E-state index in [2.05, 4.69) is 0 Å². The number of hydrogen-bond donors (Lipinski definition) is 0. The number of carbonyl (C=O) groups is 3. The van der Waals surface area contributed by atoms with Crippen LogP contribution in [0.5, 0.6) is 0 Å². The highest BCUT2D eigenvalue weighted by Crippen LogP contribution is 2.43. The number of rotatable bonds is 8. The van der Waals surface area contributed by atoms with E-state index < -0.39 is 35.2 Å². The monoisotopic (exact) mass is 360 g/mol. The minimum atomic E-state index is -1.59. The molecule has 0 N–H and O–H groups in total. The van der Waals surface area contributed by atoms with Gasteiger partial charge in [-0.05, 0) is 26.3 Å². The molecule has 0 fully saturated rings. The molecule has 0 heterocycles. The lowest BCUT2D eigenvalue weighted by atomic mass is 9.64. The van der Waals surface area contributed by atoms with Crippen LogP contribution in [0, 0.1) is 17.3 Å². The van der Waals surface area contributed by atoms with Crippen molar-refractivity contribution in [3.63, 3.8) is 0 Å². The zero-order chi connectivity index (χ0) is 19.2. The molecule has 0 radical (unpaired) electrons. The lowest BCUT2D eigenvalue weighted by molar-refractivity contribution is -0.177. The van der Waals surface area contributed by atoms with Crippen molar-refractivity contribution in [2.75, 3.05) is 13.2 Å². The lowest BCUT2D eigenvalue weighted by Crippen LogP contribution is -2.51. The Bertz CT molecular complexity index is 661. The van der Waals surface area contributed by atoms with Crippen molar-refractivity contribution in [1.29, 1.82) is 0 Å². The van der Waals surface area contributed by atoms with E-state index in [9.17, 15) is 14.4 Å². The Morgan fingerprint density at radius 1 is 0.923 bits per heavy atom. The molecule has 0 unspecified atom stereocenters. The van der Waals surface area contributed by atoms with Gasteiger partial charge in [-0.15, -0.1) is 0 Å². The predicted molar refractivity (Wildman–Crippen MR) is 93.7 cm³/mol. The summed E-state index contributed by atoms with van der Waals surface area (Å²) in [7, 11) is 0. The molecule has 26 heavy (non-hydrogen) atoms. The van der Waals surface area contributed by atoms with Gasteiger partial charge in [-0.2, -0.15) is 0 Å². The Morgan fingerprint density at radius 3 is 1.96 bits per heavy atom. The molecule has 6 nitrogen and oxygen atoms in total. The molecule has 0 saturated carbocycles. The van der Waals surface area contributed by atoms with Gasteiger partial charge in [0.15, 0.2) is 5.41 Å². The maximum atomic E-state index is 12.5. The Balaban J connectivity index is 2.11. The third-order valence-electron chi connectivity index (χ3n) is 4.47. The molecule has 1 aliphatic rings. The highest BCUT2D eigenvalue weighted by Gasteiger charge is 2.56. The van der Waals surface area contributed by atoms with Crippen molar-refractivity contribution >= 4 is 17.9 Å². The van der Waals surface area contributed by atoms with E-state index in [-0.39, 0.29) is 19.8 Å². The molecule has 0 aliphatic heterocycles. The van der Waals surface area contributed by atoms with E-state index in [1.165, 1.54) is 6.92 Å². The zero-order valence-electron chi connectivity index (χ0n) is 15.3. The summed E-state index contributed by atoms with van der Waals surface area (Å²) in [5.41, 5.74) is -0.726. The van der Waals surface area contributed by atoms with E-state index in [1.54, 1.807) is 26.0 Å². The van der Waals surface area contributed by atoms with Crippen molar-refractivity contribution < 1.29 is 28.6 Å². The van der Waals surface area contributed by atoms with Crippen molar-refractivity contribution in [2.24, 2.45) is 17.3 Å². The maximum absolute atomic E-state index is 12.5. The second kappa shape index (κ2) is 8.65. The van der Waals surface area contributed by atoms with Crippen LogP contribution in [-0.4, -0.2) is 31.1 Å². The molecule has 0 saturated heterocycles. The van der Waals surface area contributed by atoms with Gasteiger partial charge in [0, 0.05) is 5.92 Å². The summed E-state index contributed by atoms with van der Waals surface area (Å²) in [5, 5.41) is 0. The standard InChI is InChI=1S/C20H24O6/c1-4-24-18(22)20(3,19(23)25-5-2)16-12-11-15(16)17(21)26-13-14-9-7-6-8-10-14/h6-12,15-16H,4-5,13H2,1-3H3/t15-,16+/m0/s1. The molecular formula is C20H24O6. The Labute approximate surface area is 153 Å². The van der Waals surface area contributed by atoms with E-state index in [4.69, 9.17) is 14.2 Å². The normalized spacial score (nSPS) is 18.6. The van der Waals surface area contributed by atoms with Gasteiger partial charge < -0.3 is 14.2 Å². The third kappa shape index (κ3) is 3.95. The molecule has 2 atom stereocenters. The van der Waals surface area contributed by atoms with Gasteiger partial charge in [0.25, 0.3) is 0 Å². The number of benzene rings is 1. The number of esters is 3. The van der Waals surface area contributed by atoms with Crippen molar-refractivity contribution in [3.05, 3.63) is 48.0 Å². The van der Waals surface area contributed by atoms with E-state index in [1.807, 2.05) is 30.3 Å². The quantitative estimate of drug-likeness (QED) is 0.307. The largest absolute Gasteiger partial charge is 0.465 e. The predicted octanol–water partition coefficient (Wildman–Crippen LogP) is 2.66. The molecule has 0 spiro atoms. The molecule has 2 rings (SSSR count). The van der Waals surface area contributed by atoms with Crippen LogP contribution in [-0.2, 0) is 35.2 Å². The van der Waals surface area contributed by atoms with Crippen molar-refractivity contribution in [1.82, 2.24) is 0 Å². The first-order valence-electron chi connectivity index (χ1n) is 8.68. The van der Waals surface area contributed by atoms with Crippen LogP contribution >= 0.6 is 0 Å². The van der Waals surface area contributed by atoms with Crippen LogP contribution in [0.3, 0.4) is 0 Å². The summed E-state index contributed by atoms with van der Waals surface area (Å²) >= 11 is 0. The molecule has 0 bridgehead atoms. The first-order valence-corrected chi connectivity index (χ1v) is 8.68. The molecule has 6 heteroatoms. The minimum Gasteiger partial charge on any atom is -0.465 e. The minimum absolute atomic E-state index is 0.131. The first-order chi connectivity index (χ1) is 12.4. The van der Waals surface area contributed by atoms with Gasteiger partial charge >= 0.3 is 17.9 Å². The fourth-order valence-electron chi connectivity index (χ4n) is 2.85. The number of allylic oxidation sites excluding steroid dienone is 1. The van der Waals surface area contributed by atoms with Crippen LogP contribution in [0.15, 0.2) is 42.5 Å². The number of hydrogen-bond acceptors (Lipinski definition) is 6. The van der Waals surface area contributed by atoms with Crippen LogP contribution in [0.4, 0.5) is 0 Å². The average Bonchev–Trinajstić information content (AvgIpc) is 2.60. The highest BCUT2D eigenvalue weighted by atomic mass is 16.6. The third-order valence-corrected chi connectivity index (χ3v) is 4.47. The summed E-state index contributed by atoms with van der Waals surface area (Å²) in [4.78, 5) is 37.3. The summed E-state index contributed by atoms with van der Waals surface area (Å²) in [6.07, 6.45) is 3.29. The van der Waals surface area contributed by atoms with Crippen LogP contribution in [0.25, 0.3) is 0 Å².